The van der Waals surface area contributed by atoms with E-state index in [1.165, 1.54) is 7.11 Å². The Kier molecular flexibility index (Phi) is 5.14. The summed E-state index contributed by atoms with van der Waals surface area (Å²) in [5.41, 5.74) is 1.07. The van der Waals surface area contributed by atoms with Gasteiger partial charge in [-0.05, 0) is 24.6 Å². The minimum Gasteiger partial charge on any atom is -0.497 e. The van der Waals surface area contributed by atoms with E-state index in [0.717, 1.165) is 17.9 Å². The van der Waals surface area contributed by atoms with Crippen LogP contribution < -0.4 is 20.1 Å². The van der Waals surface area contributed by atoms with Crippen LogP contribution in [0.25, 0.3) is 0 Å². The van der Waals surface area contributed by atoms with Crippen LogP contribution in [0.4, 0.5) is 11.9 Å². The zero-order chi connectivity index (χ0) is 15.1. The number of rotatable bonds is 7. The van der Waals surface area contributed by atoms with Crippen molar-refractivity contribution >= 4 is 11.9 Å². The average molecular weight is 289 g/mol. The van der Waals surface area contributed by atoms with Crippen molar-refractivity contribution in [3.8, 4) is 11.8 Å². The number of benzene rings is 1. The van der Waals surface area contributed by atoms with Crippen LogP contribution in [-0.4, -0.2) is 35.7 Å². The molecule has 0 saturated carbocycles. The zero-order valence-electron chi connectivity index (χ0n) is 12.4. The van der Waals surface area contributed by atoms with E-state index in [2.05, 4.69) is 25.6 Å². The van der Waals surface area contributed by atoms with Crippen LogP contribution in [0.5, 0.6) is 11.8 Å². The van der Waals surface area contributed by atoms with E-state index in [0.29, 0.717) is 18.4 Å². The predicted molar refractivity (Wildman–Crippen MR) is 80.9 cm³/mol. The Hall–Kier alpha value is -2.57. The number of aromatic nitrogens is 3. The minimum atomic E-state index is 0.272. The largest absolute Gasteiger partial charge is 0.497 e. The molecule has 112 valence electrons. The maximum atomic E-state index is 5.20. The Morgan fingerprint density at radius 1 is 1.00 bits per heavy atom. The van der Waals surface area contributed by atoms with Crippen molar-refractivity contribution in [3.63, 3.8) is 0 Å². The third-order valence-corrected chi connectivity index (χ3v) is 2.72. The molecule has 1 heterocycles. The van der Waals surface area contributed by atoms with E-state index < -0.39 is 0 Å². The van der Waals surface area contributed by atoms with E-state index in [9.17, 15) is 0 Å². The number of methoxy groups -OCH3 is 2. The van der Waals surface area contributed by atoms with Crippen LogP contribution in [-0.2, 0) is 6.54 Å². The summed E-state index contributed by atoms with van der Waals surface area (Å²) in [4.78, 5) is 12.5. The molecule has 0 amide bonds. The van der Waals surface area contributed by atoms with Crippen LogP contribution in [0, 0.1) is 0 Å². The Morgan fingerprint density at radius 2 is 1.76 bits per heavy atom. The number of anilines is 2. The van der Waals surface area contributed by atoms with Gasteiger partial charge in [-0.2, -0.15) is 15.0 Å². The maximum absolute atomic E-state index is 5.20. The third kappa shape index (κ3) is 4.20. The third-order valence-electron chi connectivity index (χ3n) is 2.72. The Morgan fingerprint density at radius 3 is 2.43 bits per heavy atom. The molecule has 7 heteroatoms. The van der Waals surface area contributed by atoms with E-state index in [4.69, 9.17) is 9.47 Å². The first-order chi connectivity index (χ1) is 10.2. The van der Waals surface area contributed by atoms with Crippen LogP contribution in [0.15, 0.2) is 24.3 Å². The Labute approximate surface area is 123 Å². The second-order valence-electron chi connectivity index (χ2n) is 4.20. The quantitative estimate of drug-likeness (QED) is 0.806. The fraction of sp³-hybridized carbons (Fsp3) is 0.357. The number of hydrogen-bond acceptors (Lipinski definition) is 7. The van der Waals surface area contributed by atoms with Gasteiger partial charge < -0.3 is 20.1 Å². The molecule has 1 aromatic heterocycles. The van der Waals surface area contributed by atoms with Crippen molar-refractivity contribution in [2.45, 2.75) is 13.5 Å². The molecular formula is C14H19N5O2. The predicted octanol–water partition coefficient (Wildman–Crippen LogP) is 1.93. The van der Waals surface area contributed by atoms with Gasteiger partial charge in [-0.3, -0.25) is 0 Å². The highest BCUT2D eigenvalue weighted by molar-refractivity contribution is 5.37. The summed E-state index contributed by atoms with van der Waals surface area (Å²) in [6.07, 6.45) is 0. The highest BCUT2D eigenvalue weighted by atomic mass is 16.5. The van der Waals surface area contributed by atoms with Crippen molar-refractivity contribution in [1.82, 2.24) is 15.0 Å². The Balaban J connectivity index is 2.09. The van der Waals surface area contributed by atoms with Gasteiger partial charge in [-0.1, -0.05) is 12.1 Å². The average Bonchev–Trinajstić information content (AvgIpc) is 2.53. The fourth-order valence-corrected chi connectivity index (χ4v) is 1.73. The molecule has 0 atom stereocenters. The monoisotopic (exact) mass is 289 g/mol. The van der Waals surface area contributed by atoms with E-state index >= 15 is 0 Å². The first-order valence-electron chi connectivity index (χ1n) is 6.66. The SMILES string of the molecule is CCNc1nc(NCc2cccc(OC)c2)nc(OC)n1. The molecule has 0 aliphatic carbocycles. The van der Waals surface area contributed by atoms with Crippen LogP contribution in [0.2, 0.25) is 0 Å². The maximum Gasteiger partial charge on any atom is 0.322 e. The molecule has 0 spiro atoms. The fourth-order valence-electron chi connectivity index (χ4n) is 1.73. The van der Waals surface area contributed by atoms with Gasteiger partial charge >= 0.3 is 6.01 Å². The second-order valence-corrected chi connectivity index (χ2v) is 4.20. The van der Waals surface area contributed by atoms with Gasteiger partial charge in [-0.15, -0.1) is 0 Å². The number of ether oxygens (including phenoxy) is 2. The number of hydrogen-bond donors (Lipinski definition) is 2. The highest BCUT2D eigenvalue weighted by Crippen LogP contribution is 2.15. The van der Waals surface area contributed by atoms with Gasteiger partial charge in [0.2, 0.25) is 11.9 Å². The van der Waals surface area contributed by atoms with Gasteiger partial charge in [-0.25, -0.2) is 0 Å². The molecule has 2 N–H and O–H groups in total. The van der Waals surface area contributed by atoms with E-state index in [1.807, 2.05) is 31.2 Å². The first-order valence-corrected chi connectivity index (χ1v) is 6.66. The lowest BCUT2D eigenvalue weighted by Crippen LogP contribution is -2.10. The first kappa shape index (κ1) is 14.8. The highest BCUT2D eigenvalue weighted by Gasteiger charge is 2.06. The summed E-state index contributed by atoms with van der Waals surface area (Å²) in [6.45, 7) is 3.28. The molecule has 2 rings (SSSR count). The minimum absolute atomic E-state index is 0.272. The Bertz CT molecular complexity index is 591. The molecule has 0 radical (unpaired) electrons. The van der Waals surface area contributed by atoms with Crippen molar-refractivity contribution in [3.05, 3.63) is 29.8 Å². The molecule has 1 aromatic carbocycles. The summed E-state index contributed by atoms with van der Waals surface area (Å²) in [7, 11) is 3.17. The zero-order valence-corrected chi connectivity index (χ0v) is 12.4. The van der Waals surface area contributed by atoms with Gasteiger partial charge in [0, 0.05) is 13.1 Å². The molecule has 21 heavy (non-hydrogen) atoms. The standard InChI is InChI=1S/C14H19N5O2/c1-4-15-12-17-13(19-14(18-12)21-3)16-9-10-6-5-7-11(8-10)20-2/h5-8H,4,9H2,1-3H3,(H2,15,16,17,18,19). The van der Waals surface area contributed by atoms with Crippen LogP contribution in [0.1, 0.15) is 12.5 Å². The van der Waals surface area contributed by atoms with Gasteiger partial charge in [0.1, 0.15) is 5.75 Å². The summed E-state index contributed by atoms with van der Waals surface area (Å²) >= 11 is 0. The molecule has 0 aliphatic heterocycles. The molecule has 2 aromatic rings. The number of nitrogens with zero attached hydrogens (tertiary/aromatic N) is 3. The molecule has 0 aliphatic rings. The van der Waals surface area contributed by atoms with Crippen molar-refractivity contribution in [2.75, 3.05) is 31.4 Å². The molecule has 0 unspecified atom stereocenters. The summed E-state index contributed by atoms with van der Waals surface area (Å²) in [5.74, 6) is 1.76. The molecule has 0 fully saturated rings. The molecule has 0 bridgehead atoms. The molecule has 0 saturated heterocycles. The molecule has 7 nitrogen and oxygen atoms in total. The summed E-state index contributed by atoms with van der Waals surface area (Å²) in [6, 6.07) is 8.07. The lowest BCUT2D eigenvalue weighted by molar-refractivity contribution is 0.379. The van der Waals surface area contributed by atoms with Crippen LogP contribution >= 0.6 is 0 Å². The topological polar surface area (TPSA) is 81.2 Å². The van der Waals surface area contributed by atoms with Crippen LogP contribution in [0.3, 0.4) is 0 Å². The second kappa shape index (κ2) is 7.28. The van der Waals surface area contributed by atoms with Gasteiger partial charge in [0.05, 0.1) is 14.2 Å². The van der Waals surface area contributed by atoms with Crippen molar-refractivity contribution < 1.29 is 9.47 Å². The normalized spacial score (nSPS) is 10.0. The van der Waals surface area contributed by atoms with Gasteiger partial charge in [0.15, 0.2) is 0 Å². The van der Waals surface area contributed by atoms with E-state index in [1.54, 1.807) is 7.11 Å². The smallest absolute Gasteiger partial charge is 0.322 e. The number of nitrogens with one attached hydrogen (secondary N) is 2. The summed E-state index contributed by atoms with van der Waals surface area (Å²) < 4.78 is 10.3. The lowest BCUT2D eigenvalue weighted by atomic mass is 10.2. The van der Waals surface area contributed by atoms with Crippen molar-refractivity contribution in [1.29, 1.82) is 0 Å². The lowest BCUT2D eigenvalue weighted by Gasteiger charge is -2.09. The van der Waals surface area contributed by atoms with Gasteiger partial charge in [0.25, 0.3) is 0 Å². The van der Waals surface area contributed by atoms with E-state index in [-0.39, 0.29) is 6.01 Å². The summed E-state index contributed by atoms with van der Waals surface area (Å²) in [5, 5.41) is 6.18. The molecular weight excluding hydrogens is 270 g/mol. The van der Waals surface area contributed by atoms with Crippen molar-refractivity contribution in [2.24, 2.45) is 0 Å².